The van der Waals surface area contributed by atoms with Crippen molar-refractivity contribution in [2.24, 2.45) is 0 Å². The summed E-state index contributed by atoms with van der Waals surface area (Å²) < 4.78 is 15.8. The summed E-state index contributed by atoms with van der Waals surface area (Å²) >= 11 is 0. The Labute approximate surface area is 120 Å². The van der Waals surface area contributed by atoms with E-state index in [1.807, 2.05) is 4.90 Å². The summed E-state index contributed by atoms with van der Waals surface area (Å²) in [6.45, 7) is 9.40. The number of anilines is 1. The van der Waals surface area contributed by atoms with Crippen molar-refractivity contribution in [3.05, 3.63) is 5.89 Å². The van der Waals surface area contributed by atoms with E-state index < -0.39 is 0 Å². The average Bonchev–Trinajstić information content (AvgIpc) is 2.84. The van der Waals surface area contributed by atoms with Gasteiger partial charge in [-0.1, -0.05) is 5.10 Å². The molecule has 0 spiro atoms. The zero-order valence-corrected chi connectivity index (χ0v) is 13.1. The first-order valence-corrected chi connectivity index (χ1v) is 6.76. The van der Waals surface area contributed by atoms with Gasteiger partial charge in [-0.15, -0.1) is 5.10 Å². The number of rotatable bonds is 9. The maximum Gasteiger partial charge on any atom is 0.318 e. The van der Waals surface area contributed by atoms with Gasteiger partial charge in [-0.05, 0) is 20.8 Å². The van der Waals surface area contributed by atoms with Gasteiger partial charge in [0.1, 0.15) is 0 Å². The van der Waals surface area contributed by atoms with Crippen LogP contribution < -0.4 is 10.2 Å². The smallest absolute Gasteiger partial charge is 0.318 e. The Balaban J connectivity index is 2.59. The van der Waals surface area contributed by atoms with Crippen molar-refractivity contribution >= 4 is 6.01 Å². The van der Waals surface area contributed by atoms with Crippen molar-refractivity contribution in [3.8, 4) is 0 Å². The highest BCUT2D eigenvalue weighted by Gasteiger charge is 2.16. The van der Waals surface area contributed by atoms with Crippen molar-refractivity contribution in [1.29, 1.82) is 0 Å². The monoisotopic (exact) mass is 286 g/mol. The van der Waals surface area contributed by atoms with Gasteiger partial charge in [-0.2, -0.15) is 0 Å². The predicted molar refractivity (Wildman–Crippen MR) is 76.9 cm³/mol. The number of nitrogens with one attached hydrogen (secondary N) is 1. The number of ether oxygens (including phenoxy) is 2. The molecule has 1 aromatic heterocycles. The summed E-state index contributed by atoms with van der Waals surface area (Å²) in [6.07, 6.45) is 0. The molecule has 0 atom stereocenters. The molecular formula is C13H26N4O3. The zero-order chi connectivity index (χ0) is 15.0. The molecule has 1 heterocycles. The van der Waals surface area contributed by atoms with Crippen LogP contribution in [-0.4, -0.2) is 56.3 Å². The Bertz CT molecular complexity index is 368. The summed E-state index contributed by atoms with van der Waals surface area (Å²) in [4.78, 5) is 1.96. The highest BCUT2D eigenvalue weighted by atomic mass is 16.5. The molecule has 7 heteroatoms. The quantitative estimate of drug-likeness (QED) is 0.727. The van der Waals surface area contributed by atoms with Crippen LogP contribution >= 0.6 is 0 Å². The second kappa shape index (κ2) is 8.18. The second-order valence-electron chi connectivity index (χ2n) is 5.55. The molecule has 0 radical (unpaired) electrons. The van der Waals surface area contributed by atoms with Crippen molar-refractivity contribution < 1.29 is 13.9 Å². The van der Waals surface area contributed by atoms with Crippen LogP contribution in [-0.2, 0) is 16.0 Å². The molecule has 116 valence electrons. The molecule has 0 aromatic carbocycles. The van der Waals surface area contributed by atoms with Crippen molar-refractivity contribution in [2.75, 3.05) is 45.4 Å². The number of aromatic nitrogens is 2. The Kier molecular flexibility index (Phi) is 6.90. The molecule has 0 aliphatic rings. The third-order valence-corrected chi connectivity index (χ3v) is 2.63. The van der Waals surface area contributed by atoms with Crippen LogP contribution in [0.4, 0.5) is 6.01 Å². The van der Waals surface area contributed by atoms with Gasteiger partial charge in [0, 0.05) is 32.8 Å². The Morgan fingerprint density at radius 1 is 1.10 bits per heavy atom. The van der Waals surface area contributed by atoms with Crippen LogP contribution in [0.1, 0.15) is 26.7 Å². The molecule has 20 heavy (non-hydrogen) atoms. The van der Waals surface area contributed by atoms with E-state index in [0.717, 1.165) is 0 Å². The minimum Gasteiger partial charge on any atom is -0.407 e. The lowest BCUT2D eigenvalue weighted by Crippen LogP contribution is -2.35. The molecule has 7 nitrogen and oxygen atoms in total. The number of methoxy groups -OCH3 is 2. The standard InChI is InChI=1S/C13H26N4O3/c1-13(2,3)14-10-11-15-16-12(20-11)17(6-8-18-4)7-9-19-5/h14H,6-10H2,1-5H3. The molecule has 0 saturated carbocycles. The molecule has 1 rings (SSSR count). The van der Waals surface area contributed by atoms with Gasteiger partial charge in [0.2, 0.25) is 5.89 Å². The van der Waals surface area contributed by atoms with Gasteiger partial charge in [0.05, 0.1) is 19.8 Å². The number of hydrogen-bond donors (Lipinski definition) is 1. The Hall–Kier alpha value is -1.18. The van der Waals surface area contributed by atoms with E-state index in [9.17, 15) is 0 Å². The van der Waals surface area contributed by atoms with Crippen molar-refractivity contribution in [2.45, 2.75) is 32.9 Å². The normalized spacial score (nSPS) is 11.8. The summed E-state index contributed by atoms with van der Waals surface area (Å²) in [5, 5.41) is 11.4. The van der Waals surface area contributed by atoms with Crippen molar-refractivity contribution in [3.63, 3.8) is 0 Å². The number of nitrogens with zero attached hydrogens (tertiary/aromatic N) is 3. The largest absolute Gasteiger partial charge is 0.407 e. The highest BCUT2D eigenvalue weighted by molar-refractivity contribution is 5.23. The third-order valence-electron chi connectivity index (χ3n) is 2.63. The van der Waals surface area contributed by atoms with E-state index in [1.165, 1.54) is 0 Å². The molecular weight excluding hydrogens is 260 g/mol. The van der Waals surface area contributed by atoms with Gasteiger partial charge in [0.15, 0.2) is 0 Å². The minimum atomic E-state index is 0.0143. The van der Waals surface area contributed by atoms with E-state index in [2.05, 4.69) is 36.3 Å². The summed E-state index contributed by atoms with van der Waals surface area (Å²) in [7, 11) is 3.34. The average molecular weight is 286 g/mol. The molecule has 0 unspecified atom stereocenters. The molecule has 0 bridgehead atoms. The lowest BCUT2D eigenvalue weighted by atomic mass is 10.1. The molecule has 0 aliphatic carbocycles. The van der Waals surface area contributed by atoms with Crippen LogP contribution in [0.15, 0.2) is 4.42 Å². The van der Waals surface area contributed by atoms with Crippen molar-refractivity contribution in [1.82, 2.24) is 15.5 Å². The first kappa shape index (κ1) is 16.9. The molecule has 1 N–H and O–H groups in total. The fraction of sp³-hybridized carbons (Fsp3) is 0.846. The highest BCUT2D eigenvalue weighted by Crippen LogP contribution is 2.12. The lowest BCUT2D eigenvalue weighted by molar-refractivity contribution is 0.188. The second-order valence-corrected chi connectivity index (χ2v) is 5.55. The van der Waals surface area contributed by atoms with E-state index in [1.54, 1.807) is 14.2 Å². The van der Waals surface area contributed by atoms with Crippen LogP contribution in [0.3, 0.4) is 0 Å². The van der Waals surface area contributed by atoms with Crippen LogP contribution in [0, 0.1) is 0 Å². The maximum absolute atomic E-state index is 5.67. The summed E-state index contributed by atoms with van der Waals surface area (Å²) in [5.74, 6) is 0.578. The first-order chi connectivity index (χ1) is 9.46. The molecule has 0 aliphatic heterocycles. The fourth-order valence-electron chi connectivity index (χ4n) is 1.49. The predicted octanol–water partition coefficient (Wildman–Crippen LogP) is 1.06. The molecule has 1 aromatic rings. The third kappa shape index (κ3) is 6.31. The fourth-order valence-corrected chi connectivity index (χ4v) is 1.49. The van der Waals surface area contributed by atoms with Gasteiger partial charge >= 0.3 is 6.01 Å². The molecule has 0 saturated heterocycles. The van der Waals surface area contributed by atoms with Crippen LogP contribution in [0.2, 0.25) is 0 Å². The molecule has 0 amide bonds. The SMILES string of the molecule is COCCN(CCOC)c1nnc(CNC(C)(C)C)o1. The zero-order valence-electron chi connectivity index (χ0n) is 13.1. The lowest BCUT2D eigenvalue weighted by Gasteiger charge is -2.20. The minimum absolute atomic E-state index is 0.0143. The maximum atomic E-state index is 5.67. The van der Waals surface area contributed by atoms with E-state index >= 15 is 0 Å². The van der Waals surface area contributed by atoms with E-state index in [-0.39, 0.29) is 5.54 Å². The van der Waals surface area contributed by atoms with Gasteiger partial charge in [-0.3, -0.25) is 0 Å². The summed E-state index contributed by atoms with van der Waals surface area (Å²) in [5.41, 5.74) is 0.0143. The van der Waals surface area contributed by atoms with Crippen LogP contribution in [0.5, 0.6) is 0 Å². The number of hydrogen-bond acceptors (Lipinski definition) is 7. The topological polar surface area (TPSA) is 72.7 Å². The Morgan fingerprint density at radius 3 is 2.20 bits per heavy atom. The van der Waals surface area contributed by atoms with Crippen LogP contribution in [0.25, 0.3) is 0 Å². The summed E-state index contributed by atoms with van der Waals surface area (Å²) in [6, 6.07) is 0.504. The van der Waals surface area contributed by atoms with Gasteiger partial charge in [0.25, 0.3) is 0 Å². The van der Waals surface area contributed by atoms with E-state index in [4.69, 9.17) is 13.9 Å². The Morgan fingerprint density at radius 2 is 1.70 bits per heavy atom. The first-order valence-electron chi connectivity index (χ1n) is 6.76. The van der Waals surface area contributed by atoms with E-state index in [0.29, 0.717) is 44.8 Å². The van der Waals surface area contributed by atoms with Gasteiger partial charge in [-0.25, -0.2) is 0 Å². The van der Waals surface area contributed by atoms with Gasteiger partial charge < -0.3 is 24.1 Å². The molecule has 0 fully saturated rings.